The first kappa shape index (κ1) is 18.9. The lowest BCUT2D eigenvalue weighted by atomic mass is 9.97. The third kappa shape index (κ3) is 6.22. The summed E-state index contributed by atoms with van der Waals surface area (Å²) in [7, 11) is -1.64. The zero-order valence-electron chi connectivity index (χ0n) is 14.5. The van der Waals surface area contributed by atoms with Gasteiger partial charge >= 0.3 is 0 Å². The summed E-state index contributed by atoms with van der Waals surface area (Å²) < 4.78 is 28.5. The second-order valence-corrected chi connectivity index (χ2v) is 9.79. The summed E-state index contributed by atoms with van der Waals surface area (Å²) in [5.74, 6) is 0.416. The summed E-state index contributed by atoms with van der Waals surface area (Å²) in [6.45, 7) is 13.1. The summed E-state index contributed by atoms with van der Waals surface area (Å²) in [6, 6.07) is 0.445. The molecule has 1 N–H and O–H groups in total. The topological polar surface area (TPSA) is 52.7 Å². The molecule has 1 unspecified atom stereocenters. The van der Waals surface area contributed by atoms with Crippen molar-refractivity contribution >= 4 is 10.2 Å². The van der Waals surface area contributed by atoms with Gasteiger partial charge < -0.3 is 5.32 Å². The molecule has 0 aromatic heterocycles. The monoisotopic (exact) mass is 319 g/mol. The Hall–Kier alpha value is -0.170. The predicted octanol–water partition coefficient (Wildman–Crippen LogP) is 1.92. The van der Waals surface area contributed by atoms with Crippen molar-refractivity contribution in [2.75, 3.05) is 33.2 Å². The van der Waals surface area contributed by atoms with E-state index in [-0.39, 0.29) is 5.41 Å². The average Bonchev–Trinajstić information content (AvgIpc) is 2.34. The maximum atomic E-state index is 12.7. The highest BCUT2D eigenvalue weighted by molar-refractivity contribution is 7.86. The number of nitrogens with zero attached hydrogens (tertiary/aromatic N) is 2. The minimum Gasteiger partial charge on any atom is -0.314 e. The van der Waals surface area contributed by atoms with Crippen LogP contribution in [0.15, 0.2) is 0 Å². The third-order valence-electron chi connectivity index (χ3n) is 3.71. The number of rotatable bonds is 6. The SMILES string of the molecule is CC(C)NCC1CCCN(S(=O)(=O)N(C)CC(C)(C)C)C1. The first-order valence-corrected chi connectivity index (χ1v) is 9.37. The van der Waals surface area contributed by atoms with E-state index in [4.69, 9.17) is 0 Å². The Bertz CT molecular complexity index is 415. The molecule has 5 nitrogen and oxygen atoms in total. The van der Waals surface area contributed by atoms with Gasteiger partial charge in [0.15, 0.2) is 0 Å². The van der Waals surface area contributed by atoms with E-state index < -0.39 is 10.2 Å². The molecule has 6 heteroatoms. The van der Waals surface area contributed by atoms with Gasteiger partial charge in [0.2, 0.25) is 0 Å². The minimum atomic E-state index is -3.33. The van der Waals surface area contributed by atoms with Crippen molar-refractivity contribution in [3.8, 4) is 0 Å². The Kier molecular flexibility index (Phi) is 6.65. The van der Waals surface area contributed by atoms with E-state index in [1.807, 2.05) is 0 Å². The van der Waals surface area contributed by atoms with E-state index >= 15 is 0 Å². The predicted molar refractivity (Wildman–Crippen MR) is 88.4 cm³/mol. The Labute approximate surface area is 131 Å². The van der Waals surface area contributed by atoms with Crippen molar-refractivity contribution in [3.63, 3.8) is 0 Å². The molecule has 1 rings (SSSR count). The third-order valence-corrected chi connectivity index (χ3v) is 5.61. The van der Waals surface area contributed by atoms with Crippen LogP contribution in [0.1, 0.15) is 47.5 Å². The molecule has 0 aromatic rings. The van der Waals surface area contributed by atoms with Gasteiger partial charge in [0.25, 0.3) is 10.2 Å². The molecule has 0 radical (unpaired) electrons. The zero-order valence-corrected chi connectivity index (χ0v) is 15.3. The Morgan fingerprint density at radius 2 is 1.95 bits per heavy atom. The Morgan fingerprint density at radius 3 is 2.48 bits per heavy atom. The summed E-state index contributed by atoms with van der Waals surface area (Å²) in [6.07, 6.45) is 2.06. The quantitative estimate of drug-likeness (QED) is 0.814. The van der Waals surface area contributed by atoms with Gasteiger partial charge in [-0.05, 0) is 30.7 Å². The fraction of sp³-hybridized carbons (Fsp3) is 1.00. The van der Waals surface area contributed by atoms with Gasteiger partial charge in [0.1, 0.15) is 0 Å². The van der Waals surface area contributed by atoms with Crippen LogP contribution in [-0.2, 0) is 10.2 Å². The van der Waals surface area contributed by atoms with Crippen LogP contribution in [0.25, 0.3) is 0 Å². The highest BCUT2D eigenvalue weighted by Crippen LogP contribution is 2.23. The van der Waals surface area contributed by atoms with Gasteiger partial charge in [0, 0.05) is 32.7 Å². The first-order chi connectivity index (χ1) is 9.52. The number of piperidine rings is 1. The van der Waals surface area contributed by atoms with Crippen LogP contribution >= 0.6 is 0 Å². The first-order valence-electron chi connectivity index (χ1n) is 7.97. The Morgan fingerprint density at radius 1 is 1.33 bits per heavy atom. The molecule has 0 aromatic carbocycles. The van der Waals surface area contributed by atoms with Gasteiger partial charge in [-0.1, -0.05) is 34.6 Å². The average molecular weight is 320 g/mol. The molecule has 1 aliphatic rings. The van der Waals surface area contributed by atoms with Crippen LogP contribution in [0.2, 0.25) is 0 Å². The smallest absolute Gasteiger partial charge is 0.281 e. The van der Waals surface area contributed by atoms with Crippen LogP contribution in [0, 0.1) is 11.3 Å². The van der Waals surface area contributed by atoms with E-state index in [0.717, 1.165) is 19.4 Å². The molecule has 21 heavy (non-hydrogen) atoms. The van der Waals surface area contributed by atoms with Crippen molar-refractivity contribution in [1.29, 1.82) is 0 Å². The van der Waals surface area contributed by atoms with Crippen LogP contribution in [0.5, 0.6) is 0 Å². The number of hydrogen-bond acceptors (Lipinski definition) is 3. The molecule has 0 spiro atoms. The highest BCUT2D eigenvalue weighted by atomic mass is 32.2. The van der Waals surface area contributed by atoms with Crippen molar-refractivity contribution in [1.82, 2.24) is 13.9 Å². The molecule has 1 aliphatic heterocycles. The maximum absolute atomic E-state index is 12.7. The molecular weight excluding hydrogens is 286 g/mol. The van der Waals surface area contributed by atoms with Crippen LogP contribution < -0.4 is 5.32 Å². The molecule has 1 fully saturated rings. The zero-order chi connectivity index (χ0) is 16.3. The number of hydrogen-bond donors (Lipinski definition) is 1. The molecule has 1 heterocycles. The lowest BCUT2D eigenvalue weighted by Gasteiger charge is -2.36. The molecule has 126 valence electrons. The van der Waals surface area contributed by atoms with Gasteiger partial charge in [-0.3, -0.25) is 0 Å². The van der Waals surface area contributed by atoms with E-state index in [1.54, 1.807) is 11.4 Å². The lowest BCUT2D eigenvalue weighted by Crippen LogP contribution is -2.49. The Balaban J connectivity index is 2.65. The van der Waals surface area contributed by atoms with Crippen molar-refractivity contribution in [2.45, 2.75) is 53.5 Å². The van der Waals surface area contributed by atoms with Gasteiger partial charge in [-0.2, -0.15) is 17.0 Å². The van der Waals surface area contributed by atoms with Crippen LogP contribution in [0.4, 0.5) is 0 Å². The summed E-state index contributed by atoms with van der Waals surface area (Å²) >= 11 is 0. The maximum Gasteiger partial charge on any atom is 0.281 e. The normalized spacial score (nSPS) is 22.2. The molecule has 0 bridgehead atoms. The molecule has 0 amide bonds. The second kappa shape index (κ2) is 7.40. The van der Waals surface area contributed by atoms with Gasteiger partial charge in [-0.15, -0.1) is 0 Å². The molecule has 0 saturated carbocycles. The van der Waals surface area contributed by atoms with Gasteiger partial charge in [-0.25, -0.2) is 0 Å². The lowest BCUT2D eigenvalue weighted by molar-refractivity contribution is 0.231. The van der Waals surface area contributed by atoms with E-state index in [1.165, 1.54) is 4.31 Å². The molecular formula is C15H33N3O2S. The van der Waals surface area contributed by atoms with E-state index in [0.29, 0.717) is 31.6 Å². The van der Waals surface area contributed by atoms with Crippen LogP contribution in [0.3, 0.4) is 0 Å². The van der Waals surface area contributed by atoms with Crippen LogP contribution in [-0.4, -0.2) is 56.3 Å². The highest BCUT2D eigenvalue weighted by Gasteiger charge is 2.33. The summed E-state index contributed by atoms with van der Waals surface area (Å²) in [5, 5.41) is 3.42. The summed E-state index contributed by atoms with van der Waals surface area (Å²) in [4.78, 5) is 0. The van der Waals surface area contributed by atoms with E-state index in [2.05, 4.69) is 39.9 Å². The summed E-state index contributed by atoms with van der Waals surface area (Å²) in [5.41, 5.74) is -0.0315. The fourth-order valence-electron chi connectivity index (χ4n) is 2.75. The largest absolute Gasteiger partial charge is 0.314 e. The second-order valence-electron chi connectivity index (χ2n) is 7.75. The fourth-order valence-corrected chi connectivity index (χ4v) is 4.46. The van der Waals surface area contributed by atoms with Gasteiger partial charge in [0.05, 0.1) is 0 Å². The van der Waals surface area contributed by atoms with Crippen molar-refractivity contribution < 1.29 is 8.42 Å². The molecule has 1 saturated heterocycles. The molecule has 1 atom stereocenters. The minimum absolute atomic E-state index is 0.0315. The van der Waals surface area contributed by atoms with E-state index in [9.17, 15) is 8.42 Å². The standard InChI is InChI=1S/C15H33N3O2S/c1-13(2)16-10-14-8-7-9-18(11-14)21(19,20)17(6)12-15(3,4)5/h13-14,16H,7-12H2,1-6H3. The van der Waals surface area contributed by atoms with Crippen molar-refractivity contribution in [2.24, 2.45) is 11.3 Å². The number of nitrogens with one attached hydrogen (secondary N) is 1. The van der Waals surface area contributed by atoms with Crippen molar-refractivity contribution in [3.05, 3.63) is 0 Å². The molecule has 0 aliphatic carbocycles.